The zero-order chi connectivity index (χ0) is 22.2. The Morgan fingerprint density at radius 1 is 1.16 bits per heavy atom. The summed E-state index contributed by atoms with van der Waals surface area (Å²) >= 11 is 5.86. The molecule has 1 aliphatic heterocycles. The third kappa shape index (κ3) is 4.06. The van der Waals surface area contributed by atoms with Crippen LogP contribution in [0.4, 0.5) is 13.6 Å². The second kappa shape index (κ2) is 7.95. The zero-order valence-electron chi connectivity index (χ0n) is 16.0. The number of amides is 3. The molecule has 1 N–H and O–H groups in total. The number of rotatable bonds is 6. The van der Waals surface area contributed by atoms with E-state index in [-0.39, 0.29) is 24.0 Å². The van der Waals surface area contributed by atoms with Gasteiger partial charge in [-0.2, -0.15) is 13.8 Å². The fourth-order valence-electron chi connectivity index (χ4n) is 3.18. The topological polar surface area (TPSA) is 97.6 Å². The van der Waals surface area contributed by atoms with Crippen molar-refractivity contribution in [1.82, 2.24) is 20.4 Å². The molecule has 8 nitrogen and oxygen atoms in total. The number of aromatic nitrogens is 2. The minimum atomic E-state index is -2.96. The molecule has 0 saturated carbocycles. The molecule has 31 heavy (non-hydrogen) atoms. The number of imide groups is 1. The predicted molar refractivity (Wildman–Crippen MR) is 104 cm³/mol. The molecule has 1 aliphatic rings. The monoisotopic (exact) mass is 448 g/mol. The van der Waals surface area contributed by atoms with E-state index < -0.39 is 24.1 Å². The third-order valence-corrected chi connectivity index (χ3v) is 5.05. The van der Waals surface area contributed by atoms with Gasteiger partial charge in [0.25, 0.3) is 5.91 Å². The highest BCUT2D eigenvalue weighted by atomic mass is 35.5. The summed E-state index contributed by atoms with van der Waals surface area (Å²) in [4.78, 5) is 30.6. The first kappa shape index (κ1) is 20.7. The maximum absolute atomic E-state index is 13.0. The van der Waals surface area contributed by atoms with Crippen LogP contribution in [0.5, 0.6) is 5.75 Å². The molecule has 160 valence electrons. The molecule has 0 aliphatic carbocycles. The summed E-state index contributed by atoms with van der Waals surface area (Å²) in [5.41, 5.74) is -0.325. The number of carbonyl (C=O) groups is 2. The summed E-state index contributed by atoms with van der Waals surface area (Å²) in [6.07, 6.45) is 0. The highest BCUT2D eigenvalue weighted by Gasteiger charge is 2.49. The largest absolute Gasteiger partial charge is 0.435 e. The van der Waals surface area contributed by atoms with Crippen LogP contribution < -0.4 is 10.1 Å². The number of urea groups is 1. The first-order valence-electron chi connectivity index (χ1n) is 9.04. The summed E-state index contributed by atoms with van der Waals surface area (Å²) in [5.74, 6) is -0.252. The van der Waals surface area contributed by atoms with Gasteiger partial charge in [0.05, 0.1) is 0 Å². The van der Waals surface area contributed by atoms with E-state index in [2.05, 4.69) is 20.2 Å². The lowest BCUT2D eigenvalue weighted by molar-refractivity contribution is -0.131. The third-order valence-electron chi connectivity index (χ3n) is 4.80. The van der Waals surface area contributed by atoms with Gasteiger partial charge in [0, 0.05) is 10.6 Å². The smallest absolute Gasteiger partial charge is 0.387 e. The summed E-state index contributed by atoms with van der Waals surface area (Å²) in [7, 11) is 0. The van der Waals surface area contributed by atoms with Crippen LogP contribution in [0.2, 0.25) is 5.02 Å². The second-order valence-corrected chi connectivity index (χ2v) is 7.30. The van der Waals surface area contributed by atoms with Crippen molar-refractivity contribution in [2.45, 2.75) is 25.6 Å². The van der Waals surface area contributed by atoms with Crippen molar-refractivity contribution in [3.8, 4) is 17.1 Å². The van der Waals surface area contributed by atoms with E-state index >= 15 is 0 Å². The van der Waals surface area contributed by atoms with Gasteiger partial charge < -0.3 is 14.6 Å². The summed E-state index contributed by atoms with van der Waals surface area (Å²) in [5, 5.41) is 7.03. The number of alkyl halides is 2. The van der Waals surface area contributed by atoms with E-state index in [4.69, 9.17) is 16.1 Å². The first-order valence-corrected chi connectivity index (χ1v) is 9.42. The van der Waals surface area contributed by atoms with Gasteiger partial charge >= 0.3 is 12.6 Å². The zero-order valence-corrected chi connectivity index (χ0v) is 16.8. The minimum Gasteiger partial charge on any atom is -0.435 e. The van der Waals surface area contributed by atoms with Crippen LogP contribution >= 0.6 is 11.6 Å². The van der Waals surface area contributed by atoms with Gasteiger partial charge in [-0.05, 0) is 48.9 Å². The van der Waals surface area contributed by atoms with Gasteiger partial charge in [0.2, 0.25) is 11.7 Å². The quantitative estimate of drug-likeness (QED) is 0.573. The molecule has 0 radical (unpaired) electrons. The van der Waals surface area contributed by atoms with Crippen molar-refractivity contribution in [2.24, 2.45) is 0 Å². The van der Waals surface area contributed by atoms with Gasteiger partial charge in [0.15, 0.2) is 0 Å². The van der Waals surface area contributed by atoms with E-state index in [0.29, 0.717) is 16.1 Å². The molecule has 2 heterocycles. The molecule has 1 fully saturated rings. The van der Waals surface area contributed by atoms with E-state index in [1.165, 1.54) is 31.2 Å². The molecular weight excluding hydrogens is 434 g/mol. The Morgan fingerprint density at radius 2 is 1.84 bits per heavy atom. The van der Waals surface area contributed by atoms with Crippen molar-refractivity contribution in [2.75, 3.05) is 0 Å². The Labute approximate surface area is 179 Å². The molecule has 1 unspecified atom stereocenters. The van der Waals surface area contributed by atoms with Crippen LogP contribution in [0, 0.1) is 0 Å². The maximum Gasteiger partial charge on any atom is 0.387 e. The number of carbonyl (C=O) groups excluding carboxylic acids is 2. The van der Waals surface area contributed by atoms with Crippen LogP contribution in [-0.4, -0.2) is 33.6 Å². The molecule has 3 amide bonds. The number of benzene rings is 2. The average Bonchev–Trinajstić information content (AvgIpc) is 3.28. The standard InChI is InChI=1S/C20H15ClF2N4O4/c1-20(12-4-8-14(9-5-12)30-18(22)23)17(28)27(19(29)25-20)10-15-24-16(26-31-15)11-2-6-13(21)7-3-11/h2-9,18H,10H2,1H3,(H,25,29). The van der Waals surface area contributed by atoms with Crippen molar-refractivity contribution >= 4 is 23.5 Å². The molecule has 2 aromatic carbocycles. The molecule has 11 heteroatoms. The number of hydrogen-bond acceptors (Lipinski definition) is 6. The van der Waals surface area contributed by atoms with Crippen LogP contribution in [0.1, 0.15) is 18.4 Å². The molecule has 0 spiro atoms. The SMILES string of the molecule is CC1(c2ccc(OC(F)F)cc2)NC(=O)N(Cc2nc(-c3ccc(Cl)cc3)no2)C1=O. The summed E-state index contributed by atoms with van der Waals surface area (Å²) in [6, 6.07) is 11.6. The van der Waals surface area contributed by atoms with Gasteiger partial charge in [-0.25, -0.2) is 4.79 Å². The highest BCUT2D eigenvalue weighted by molar-refractivity contribution is 6.30. The molecule has 3 aromatic rings. The van der Waals surface area contributed by atoms with Crippen LogP contribution in [0.25, 0.3) is 11.4 Å². The summed E-state index contributed by atoms with van der Waals surface area (Å²) < 4.78 is 34.1. The molecule has 1 saturated heterocycles. The lowest BCUT2D eigenvalue weighted by atomic mass is 9.92. The Kier molecular flexibility index (Phi) is 5.32. The summed E-state index contributed by atoms with van der Waals surface area (Å²) in [6.45, 7) is -1.67. The van der Waals surface area contributed by atoms with E-state index in [1.54, 1.807) is 24.3 Å². The molecule has 1 atom stereocenters. The second-order valence-electron chi connectivity index (χ2n) is 6.87. The number of nitrogens with one attached hydrogen (secondary N) is 1. The van der Waals surface area contributed by atoms with Gasteiger partial charge in [0.1, 0.15) is 17.8 Å². The minimum absolute atomic E-state index is 0.0587. The van der Waals surface area contributed by atoms with E-state index in [0.717, 1.165) is 4.90 Å². The Balaban J connectivity index is 1.51. The van der Waals surface area contributed by atoms with Crippen molar-refractivity contribution in [3.05, 3.63) is 65.0 Å². The predicted octanol–water partition coefficient (Wildman–Crippen LogP) is 3.96. The van der Waals surface area contributed by atoms with Crippen LogP contribution in [0.15, 0.2) is 53.1 Å². The Hall–Kier alpha value is -3.53. The molecule has 1 aromatic heterocycles. The number of halogens is 3. The van der Waals surface area contributed by atoms with Gasteiger partial charge in [-0.15, -0.1) is 0 Å². The fourth-order valence-corrected chi connectivity index (χ4v) is 3.30. The van der Waals surface area contributed by atoms with Gasteiger partial charge in [-0.1, -0.05) is 28.9 Å². The molecule has 0 bridgehead atoms. The van der Waals surface area contributed by atoms with E-state index in [1.807, 2.05) is 0 Å². The Morgan fingerprint density at radius 3 is 2.48 bits per heavy atom. The Bertz CT molecular complexity index is 1120. The lowest BCUT2D eigenvalue weighted by Crippen LogP contribution is -2.40. The molecular formula is C20H15ClF2N4O4. The number of ether oxygens (including phenoxy) is 1. The fraction of sp³-hybridized carbons (Fsp3) is 0.200. The molecule has 4 rings (SSSR count). The van der Waals surface area contributed by atoms with E-state index in [9.17, 15) is 18.4 Å². The maximum atomic E-state index is 13.0. The van der Waals surface area contributed by atoms with Crippen molar-refractivity contribution < 1.29 is 27.6 Å². The normalized spacial score (nSPS) is 18.5. The number of hydrogen-bond donors (Lipinski definition) is 1. The van der Waals surface area contributed by atoms with Crippen LogP contribution in [0.3, 0.4) is 0 Å². The van der Waals surface area contributed by atoms with Crippen LogP contribution in [-0.2, 0) is 16.9 Å². The lowest BCUT2D eigenvalue weighted by Gasteiger charge is -2.22. The van der Waals surface area contributed by atoms with Crippen molar-refractivity contribution in [3.63, 3.8) is 0 Å². The first-order chi connectivity index (χ1) is 14.8. The van der Waals surface area contributed by atoms with Crippen molar-refractivity contribution in [1.29, 1.82) is 0 Å². The highest BCUT2D eigenvalue weighted by Crippen LogP contribution is 2.31. The van der Waals surface area contributed by atoms with Gasteiger partial charge in [-0.3, -0.25) is 9.69 Å². The average molecular weight is 449 g/mol. The number of nitrogens with zero attached hydrogens (tertiary/aromatic N) is 3.